The van der Waals surface area contributed by atoms with Crippen LogP contribution in [0.1, 0.15) is 80.6 Å². The summed E-state index contributed by atoms with van der Waals surface area (Å²) in [6.45, 7) is 8.36. The molecular weight excluding hydrogens is 538 g/mol. The van der Waals surface area contributed by atoms with Crippen LogP contribution in [0.4, 0.5) is 4.79 Å². The van der Waals surface area contributed by atoms with Gasteiger partial charge in [-0.3, -0.25) is 0 Å². The molecule has 3 aromatic rings. The number of hydrogen-bond acceptors (Lipinski definition) is 5. The number of urea groups is 1. The number of amides is 2. The van der Waals surface area contributed by atoms with Crippen molar-refractivity contribution in [3.8, 4) is 11.1 Å². The third-order valence-corrected chi connectivity index (χ3v) is 8.80. The average Bonchev–Trinajstić information content (AvgIpc) is 3.02. The first-order valence-corrected chi connectivity index (χ1v) is 16.0. The van der Waals surface area contributed by atoms with E-state index in [1.807, 2.05) is 37.3 Å². The zero-order chi connectivity index (χ0) is 30.0. The molecule has 4 atom stereocenters. The molecule has 4 unspecified atom stereocenters. The highest BCUT2D eigenvalue weighted by molar-refractivity contribution is 5.74. The lowest BCUT2D eigenvalue weighted by Crippen LogP contribution is -2.45. The van der Waals surface area contributed by atoms with Crippen molar-refractivity contribution in [1.29, 1.82) is 0 Å². The van der Waals surface area contributed by atoms with Gasteiger partial charge in [0, 0.05) is 31.1 Å². The lowest BCUT2D eigenvalue weighted by molar-refractivity contribution is -0.276. The lowest BCUT2D eigenvalue weighted by Gasteiger charge is -2.43. The third-order valence-electron chi connectivity index (χ3n) is 8.80. The molecule has 2 aliphatic rings. The number of carbonyl (C=O) groups excluding carboxylic acids is 1. The van der Waals surface area contributed by atoms with E-state index in [1.54, 1.807) is 0 Å². The van der Waals surface area contributed by atoms with E-state index >= 15 is 0 Å². The van der Waals surface area contributed by atoms with E-state index in [1.165, 1.54) is 32.1 Å². The molecule has 0 aliphatic carbocycles. The fourth-order valence-electron chi connectivity index (χ4n) is 6.25. The Labute approximate surface area is 256 Å². The Morgan fingerprint density at radius 1 is 0.860 bits per heavy atom. The number of likely N-dealkylation sites (tertiary alicyclic amines) is 1. The zero-order valence-electron chi connectivity index (χ0n) is 25.6. The van der Waals surface area contributed by atoms with Crippen molar-refractivity contribution < 1.29 is 19.4 Å². The fourth-order valence-corrected chi connectivity index (χ4v) is 6.25. The first-order chi connectivity index (χ1) is 21.1. The highest BCUT2D eigenvalue weighted by atomic mass is 16.7. The molecule has 3 N–H and O–H groups in total. The molecule has 0 bridgehead atoms. The summed E-state index contributed by atoms with van der Waals surface area (Å²) in [4.78, 5) is 14.6. The van der Waals surface area contributed by atoms with Crippen molar-refractivity contribution in [3.05, 3.63) is 95.1 Å². The quantitative estimate of drug-likeness (QED) is 0.260. The van der Waals surface area contributed by atoms with Crippen molar-refractivity contribution in [2.45, 2.75) is 77.6 Å². The van der Waals surface area contributed by atoms with Gasteiger partial charge in [0.2, 0.25) is 0 Å². The van der Waals surface area contributed by atoms with Gasteiger partial charge in [-0.05, 0) is 60.7 Å². The summed E-state index contributed by atoms with van der Waals surface area (Å²) >= 11 is 0. The molecule has 7 heteroatoms. The van der Waals surface area contributed by atoms with E-state index in [-0.39, 0.29) is 30.8 Å². The maximum atomic E-state index is 12.0. The Kier molecular flexibility index (Phi) is 11.2. The number of nitrogens with one attached hydrogen (secondary N) is 2. The van der Waals surface area contributed by atoms with Gasteiger partial charge in [-0.25, -0.2) is 4.79 Å². The van der Waals surface area contributed by atoms with Gasteiger partial charge < -0.3 is 30.1 Å². The van der Waals surface area contributed by atoms with Crippen LogP contribution in [0, 0.1) is 5.92 Å². The Morgan fingerprint density at radius 3 is 2.23 bits per heavy atom. The number of carbonyl (C=O) groups is 1. The predicted molar refractivity (Wildman–Crippen MR) is 170 cm³/mol. The normalized spacial score (nSPS) is 23.2. The third kappa shape index (κ3) is 8.24. The number of benzene rings is 3. The van der Waals surface area contributed by atoms with Crippen LogP contribution in [0.25, 0.3) is 11.1 Å². The molecule has 7 nitrogen and oxygen atoms in total. The second-order valence-electron chi connectivity index (χ2n) is 11.9. The summed E-state index contributed by atoms with van der Waals surface area (Å²) < 4.78 is 13.5. The standard InChI is InChI=1S/C36H47N3O4/c1-3-37-36(41)38-23-31-11-7-8-12-32(31)28-17-19-30(20-18-28)35-42-33(24-39-21-9-5-4-6-10-22-39)26(2)34(43-35)29-15-13-27(25-40)14-16-29/h7-8,11-20,26,33-35,40H,3-6,9-10,21-25H2,1-2H3,(H2,37,38,41). The van der Waals surface area contributed by atoms with Crippen molar-refractivity contribution in [1.82, 2.24) is 15.5 Å². The average molecular weight is 586 g/mol. The summed E-state index contributed by atoms with van der Waals surface area (Å²) in [6, 6.07) is 24.5. The van der Waals surface area contributed by atoms with Crippen molar-refractivity contribution >= 4 is 6.03 Å². The minimum absolute atomic E-state index is 0.0291. The molecule has 3 aromatic carbocycles. The molecule has 0 aromatic heterocycles. The minimum atomic E-state index is -0.484. The number of rotatable bonds is 9. The monoisotopic (exact) mass is 585 g/mol. The van der Waals surface area contributed by atoms with E-state index < -0.39 is 6.29 Å². The summed E-state index contributed by atoms with van der Waals surface area (Å²) in [7, 11) is 0. The topological polar surface area (TPSA) is 83.1 Å². The molecular formula is C36H47N3O4. The first kappa shape index (κ1) is 31.2. The molecule has 2 fully saturated rings. The molecule has 2 heterocycles. The second kappa shape index (κ2) is 15.5. The van der Waals surface area contributed by atoms with Crippen LogP contribution in [-0.4, -0.2) is 48.3 Å². The van der Waals surface area contributed by atoms with Crippen LogP contribution in [0.15, 0.2) is 72.8 Å². The molecule has 5 rings (SSSR count). The Morgan fingerprint density at radius 2 is 1.53 bits per heavy atom. The van der Waals surface area contributed by atoms with Crippen LogP contribution in [0.2, 0.25) is 0 Å². The first-order valence-electron chi connectivity index (χ1n) is 16.0. The molecule has 2 amide bonds. The van der Waals surface area contributed by atoms with Crippen molar-refractivity contribution in [3.63, 3.8) is 0 Å². The van der Waals surface area contributed by atoms with Crippen LogP contribution >= 0.6 is 0 Å². The predicted octanol–water partition coefficient (Wildman–Crippen LogP) is 6.72. The van der Waals surface area contributed by atoms with E-state index in [2.05, 4.69) is 64.9 Å². The number of aliphatic hydroxyl groups excluding tert-OH is 1. The highest BCUT2D eigenvalue weighted by Crippen LogP contribution is 2.42. The van der Waals surface area contributed by atoms with Crippen LogP contribution < -0.4 is 10.6 Å². The van der Waals surface area contributed by atoms with Gasteiger partial charge in [-0.15, -0.1) is 0 Å². The minimum Gasteiger partial charge on any atom is -0.392 e. The van der Waals surface area contributed by atoms with E-state index in [9.17, 15) is 9.90 Å². The summed E-state index contributed by atoms with van der Waals surface area (Å²) in [5.41, 5.74) is 6.22. The van der Waals surface area contributed by atoms with Crippen LogP contribution in [0.3, 0.4) is 0 Å². The maximum absolute atomic E-state index is 12.0. The SMILES string of the molecule is CCNC(=O)NCc1ccccc1-c1ccc(C2OC(CN3CCCCCCC3)C(C)C(c3ccc(CO)cc3)O2)cc1. The van der Waals surface area contributed by atoms with Crippen LogP contribution in [0.5, 0.6) is 0 Å². The van der Waals surface area contributed by atoms with E-state index in [0.717, 1.165) is 53.0 Å². The Balaban J connectivity index is 1.36. The lowest BCUT2D eigenvalue weighted by atomic mass is 9.89. The van der Waals surface area contributed by atoms with Gasteiger partial charge in [0.25, 0.3) is 0 Å². The van der Waals surface area contributed by atoms with Gasteiger partial charge in [0.15, 0.2) is 6.29 Å². The van der Waals surface area contributed by atoms with E-state index in [4.69, 9.17) is 9.47 Å². The van der Waals surface area contributed by atoms with E-state index in [0.29, 0.717) is 13.1 Å². The zero-order valence-corrected chi connectivity index (χ0v) is 25.6. The summed E-state index contributed by atoms with van der Waals surface area (Å²) in [5.74, 6) is 0.172. The molecule has 0 radical (unpaired) electrons. The maximum Gasteiger partial charge on any atom is 0.315 e. The molecule has 0 spiro atoms. The smallest absolute Gasteiger partial charge is 0.315 e. The fraction of sp³-hybridized carbons (Fsp3) is 0.472. The molecule has 43 heavy (non-hydrogen) atoms. The number of ether oxygens (including phenoxy) is 2. The van der Waals surface area contributed by atoms with Crippen molar-refractivity contribution in [2.24, 2.45) is 5.92 Å². The van der Waals surface area contributed by atoms with Gasteiger partial charge in [-0.1, -0.05) is 99.0 Å². The van der Waals surface area contributed by atoms with Gasteiger partial charge in [-0.2, -0.15) is 0 Å². The summed E-state index contributed by atoms with van der Waals surface area (Å²) in [6.07, 6.45) is 5.87. The number of hydrogen-bond donors (Lipinski definition) is 3. The molecule has 2 saturated heterocycles. The van der Waals surface area contributed by atoms with Crippen molar-refractivity contribution in [2.75, 3.05) is 26.2 Å². The largest absolute Gasteiger partial charge is 0.392 e. The van der Waals surface area contributed by atoms with Gasteiger partial charge in [0.1, 0.15) is 0 Å². The summed E-state index contributed by atoms with van der Waals surface area (Å²) in [5, 5.41) is 15.3. The number of nitrogens with zero attached hydrogens (tertiary/aromatic N) is 1. The van der Waals surface area contributed by atoms with Gasteiger partial charge >= 0.3 is 6.03 Å². The molecule has 0 saturated carbocycles. The molecule has 2 aliphatic heterocycles. The van der Waals surface area contributed by atoms with Gasteiger partial charge in [0.05, 0.1) is 18.8 Å². The molecule has 230 valence electrons. The second-order valence-corrected chi connectivity index (χ2v) is 11.9. The van der Waals surface area contributed by atoms with Crippen LogP contribution in [-0.2, 0) is 22.6 Å². The Bertz CT molecular complexity index is 1290. The highest BCUT2D eigenvalue weighted by Gasteiger charge is 2.39. The number of aliphatic hydroxyl groups is 1. The Hall–Kier alpha value is -3.23.